The van der Waals surface area contributed by atoms with Crippen LogP contribution in [-0.2, 0) is 0 Å². The molecular formula is C17H17N3. The van der Waals surface area contributed by atoms with Crippen molar-refractivity contribution >= 4 is 27.8 Å². The first-order valence-corrected chi connectivity index (χ1v) is 7.32. The van der Waals surface area contributed by atoms with E-state index in [2.05, 4.69) is 23.1 Å². The molecule has 3 heteroatoms. The minimum absolute atomic E-state index is 0.968. The molecule has 0 atom stereocenters. The molecule has 0 spiro atoms. The molecule has 3 aromatic rings. The van der Waals surface area contributed by atoms with E-state index in [1.165, 1.54) is 24.9 Å². The normalized spacial score (nSPS) is 15.9. The predicted molar refractivity (Wildman–Crippen MR) is 83.1 cm³/mol. The predicted octanol–water partition coefficient (Wildman–Crippen LogP) is 3.77. The fourth-order valence-corrected chi connectivity index (χ4v) is 3.02. The Labute approximate surface area is 118 Å². The molecule has 0 unspecified atom stereocenters. The zero-order valence-electron chi connectivity index (χ0n) is 11.4. The average molecular weight is 263 g/mol. The third-order valence-electron chi connectivity index (χ3n) is 4.05. The highest BCUT2D eigenvalue weighted by atomic mass is 15.1. The summed E-state index contributed by atoms with van der Waals surface area (Å²) >= 11 is 0. The Morgan fingerprint density at radius 1 is 0.700 bits per heavy atom. The van der Waals surface area contributed by atoms with Gasteiger partial charge in [0.15, 0.2) is 0 Å². The van der Waals surface area contributed by atoms with Crippen LogP contribution in [0.3, 0.4) is 0 Å². The minimum atomic E-state index is 0.968. The molecule has 1 fully saturated rings. The maximum Gasteiger partial charge on any atom is 0.113 e. The number of piperidine rings is 1. The fraction of sp³-hybridized carbons (Fsp3) is 0.294. The van der Waals surface area contributed by atoms with Crippen molar-refractivity contribution in [2.24, 2.45) is 0 Å². The number of hydrogen-bond donors (Lipinski definition) is 0. The fourth-order valence-electron chi connectivity index (χ4n) is 3.02. The molecule has 0 radical (unpaired) electrons. The van der Waals surface area contributed by atoms with E-state index in [1.807, 2.05) is 24.3 Å². The smallest absolute Gasteiger partial charge is 0.113 e. The zero-order valence-corrected chi connectivity index (χ0v) is 11.4. The maximum atomic E-state index is 4.85. The quantitative estimate of drug-likeness (QED) is 0.626. The molecule has 0 aliphatic carbocycles. The number of para-hydroxylation sites is 3. The summed E-state index contributed by atoms with van der Waals surface area (Å²) in [4.78, 5) is 12.0. The third kappa shape index (κ3) is 1.90. The lowest BCUT2D eigenvalue weighted by molar-refractivity contribution is 0.579. The Morgan fingerprint density at radius 3 is 2.20 bits per heavy atom. The first-order valence-electron chi connectivity index (χ1n) is 7.32. The van der Waals surface area contributed by atoms with Crippen molar-refractivity contribution in [3.8, 4) is 0 Å². The van der Waals surface area contributed by atoms with E-state index in [-0.39, 0.29) is 0 Å². The van der Waals surface area contributed by atoms with Gasteiger partial charge in [0.2, 0.25) is 0 Å². The summed E-state index contributed by atoms with van der Waals surface area (Å²) in [6.07, 6.45) is 3.89. The monoisotopic (exact) mass is 263 g/mol. The van der Waals surface area contributed by atoms with Gasteiger partial charge in [-0.2, -0.15) is 0 Å². The summed E-state index contributed by atoms with van der Waals surface area (Å²) in [5.74, 6) is 0. The second-order valence-corrected chi connectivity index (χ2v) is 5.40. The van der Waals surface area contributed by atoms with Crippen molar-refractivity contribution in [1.82, 2.24) is 9.97 Å². The van der Waals surface area contributed by atoms with Crippen LogP contribution < -0.4 is 4.90 Å². The van der Waals surface area contributed by atoms with Crippen LogP contribution in [0, 0.1) is 0 Å². The van der Waals surface area contributed by atoms with E-state index in [0.717, 1.165) is 35.2 Å². The van der Waals surface area contributed by atoms with E-state index in [0.29, 0.717) is 0 Å². The lowest BCUT2D eigenvalue weighted by atomic mass is 10.1. The van der Waals surface area contributed by atoms with Crippen LogP contribution in [0.1, 0.15) is 19.3 Å². The second kappa shape index (κ2) is 4.75. The number of benzene rings is 2. The van der Waals surface area contributed by atoms with Crippen LogP contribution in [0.5, 0.6) is 0 Å². The number of nitrogens with zero attached hydrogens (tertiary/aromatic N) is 3. The van der Waals surface area contributed by atoms with E-state index in [9.17, 15) is 0 Å². The topological polar surface area (TPSA) is 29.0 Å². The highest BCUT2D eigenvalue weighted by Crippen LogP contribution is 2.28. The molecule has 2 heterocycles. The van der Waals surface area contributed by atoms with Crippen molar-refractivity contribution in [2.75, 3.05) is 18.0 Å². The molecule has 1 aromatic heterocycles. The first kappa shape index (κ1) is 11.6. The maximum absolute atomic E-state index is 4.85. The molecule has 100 valence electrons. The van der Waals surface area contributed by atoms with Crippen molar-refractivity contribution in [2.45, 2.75) is 19.3 Å². The summed E-state index contributed by atoms with van der Waals surface area (Å²) in [6.45, 7) is 2.27. The van der Waals surface area contributed by atoms with Gasteiger partial charge in [-0.3, -0.25) is 0 Å². The average Bonchev–Trinajstić information content (AvgIpc) is 2.53. The Morgan fingerprint density at radius 2 is 1.40 bits per heavy atom. The van der Waals surface area contributed by atoms with E-state index in [1.54, 1.807) is 0 Å². The number of fused-ring (bicyclic) bond motifs is 2. The van der Waals surface area contributed by atoms with Gasteiger partial charge in [-0.05, 0) is 43.5 Å². The number of anilines is 1. The van der Waals surface area contributed by atoms with Crippen LogP contribution in [0.15, 0.2) is 42.5 Å². The first-order chi connectivity index (χ1) is 9.92. The molecule has 4 rings (SSSR count). The highest BCUT2D eigenvalue weighted by molar-refractivity contribution is 5.93. The van der Waals surface area contributed by atoms with Crippen LogP contribution in [0.25, 0.3) is 22.1 Å². The molecule has 0 N–H and O–H groups in total. The van der Waals surface area contributed by atoms with Gasteiger partial charge >= 0.3 is 0 Å². The number of rotatable bonds is 1. The summed E-state index contributed by atoms with van der Waals surface area (Å²) in [5.41, 5.74) is 5.21. The van der Waals surface area contributed by atoms with Gasteiger partial charge in [0.05, 0.1) is 22.2 Å². The van der Waals surface area contributed by atoms with Crippen LogP contribution >= 0.6 is 0 Å². The number of aromatic nitrogens is 2. The molecule has 1 aliphatic rings. The standard InChI is InChI=1S/C17H17N3/c1-4-11-20(12-5-1)16-10-6-9-15-17(16)19-14-8-3-2-7-13(14)18-15/h2-3,6-10H,1,4-5,11-12H2. The van der Waals surface area contributed by atoms with E-state index < -0.39 is 0 Å². The van der Waals surface area contributed by atoms with Crippen LogP contribution in [0.4, 0.5) is 5.69 Å². The van der Waals surface area contributed by atoms with E-state index >= 15 is 0 Å². The van der Waals surface area contributed by atoms with Gasteiger partial charge in [-0.1, -0.05) is 18.2 Å². The molecule has 1 saturated heterocycles. The van der Waals surface area contributed by atoms with Gasteiger partial charge in [0.25, 0.3) is 0 Å². The molecule has 0 saturated carbocycles. The van der Waals surface area contributed by atoms with Crippen LogP contribution in [0.2, 0.25) is 0 Å². The molecule has 2 aromatic carbocycles. The van der Waals surface area contributed by atoms with Crippen molar-refractivity contribution in [1.29, 1.82) is 0 Å². The minimum Gasteiger partial charge on any atom is -0.370 e. The Kier molecular flexibility index (Phi) is 2.76. The molecule has 20 heavy (non-hydrogen) atoms. The van der Waals surface area contributed by atoms with Crippen molar-refractivity contribution in [3.05, 3.63) is 42.5 Å². The number of hydrogen-bond acceptors (Lipinski definition) is 3. The van der Waals surface area contributed by atoms with Gasteiger partial charge in [0.1, 0.15) is 5.52 Å². The lowest BCUT2D eigenvalue weighted by Crippen LogP contribution is -2.29. The zero-order chi connectivity index (χ0) is 13.4. The van der Waals surface area contributed by atoms with E-state index in [4.69, 9.17) is 9.97 Å². The summed E-state index contributed by atoms with van der Waals surface area (Å²) in [6, 6.07) is 14.4. The Bertz CT molecular complexity index is 760. The Hall–Kier alpha value is -2.16. The largest absolute Gasteiger partial charge is 0.370 e. The van der Waals surface area contributed by atoms with Crippen molar-refractivity contribution < 1.29 is 0 Å². The van der Waals surface area contributed by atoms with Gasteiger partial charge in [0, 0.05) is 13.1 Å². The van der Waals surface area contributed by atoms with Gasteiger partial charge in [-0.25, -0.2) is 9.97 Å². The summed E-state index contributed by atoms with van der Waals surface area (Å²) in [7, 11) is 0. The molecule has 0 amide bonds. The molecule has 3 nitrogen and oxygen atoms in total. The second-order valence-electron chi connectivity index (χ2n) is 5.40. The van der Waals surface area contributed by atoms with Gasteiger partial charge < -0.3 is 4.90 Å². The van der Waals surface area contributed by atoms with Crippen LogP contribution in [-0.4, -0.2) is 23.1 Å². The molecular weight excluding hydrogens is 246 g/mol. The third-order valence-corrected chi connectivity index (χ3v) is 4.05. The molecule has 1 aliphatic heterocycles. The van der Waals surface area contributed by atoms with Gasteiger partial charge in [-0.15, -0.1) is 0 Å². The lowest BCUT2D eigenvalue weighted by Gasteiger charge is -2.29. The van der Waals surface area contributed by atoms with Crippen molar-refractivity contribution in [3.63, 3.8) is 0 Å². The highest BCUT2D eigenvalue weighted by Gasteiger charge is 2.15. The summed E-state index contributed by atoms with van der Waals surface area (Å²) in [5, 5.41) is 0. The Balaban J connectivity index is 1.94. The molecule has 0 bridgehead atoms. The summed E-state index contributed by atoms with van der Waals surface area (Å²) < 4.78 is 0. The SMILES string of the molecule is c1ccc2nc3c(N4CCCCC4)cccc3nc2c1.